The number of nitrogens with zero attached hydrogens (tertiary/aromatic N) is 1. The van der Waals surface area contributed by atoms with Crippen LogP contribution in [0.2, 0.25) is 10.0 Å². The van der Waals surface area contributed by atoms with Gasteiger partial charge in [-0.05, 0) is 18.2 Å². The van der Waals surface area contributed by atoms with Gasteiger partial charge < -0.3 is 0 Å². The first-order chi connectivity index (χ1) is 8.99. The molecule has 1 aromatic heterocycles. The second-order valence-corrected chi connectivity index (χ2v) is 4.41. The fraction of sp³-hybridized carbons (Fsp3) is 0. The Balaban J connectivity index is 2.33. The highest BCUT2D eigenvalue weighted by molar-refractivity contribution is 6.42. The Labute approximate surface area is 117 Å². The van der Waals surface area contributed by atoms with Gasteiger partial charge >= 0.3 is 0 Å². The lowest BCUT2D eigenvalue weighted by atomic mass is 10.2. The fourth-order valence-corrected chi connectivity index (χ4v) is 1.70. The zero-order chi connectivity index (χ0) is 14.0. The van der Waals surface area contributed by atoms with Crippen molar-refractivity contribution in [2.24, 2.45) is 0 Å². The molecule has 19 heavy (non-hydrogen) atoms. The molecule has 1 heterocycles. The van der Waals surface area contributed by atoms with Crippen LogP contribution in [-0.4, -0.2) is 10.6 Å². The predicted molar refractivity (Wildman–Crippen MR) is 70.8 cm³/mol. The van der Waals surface area contributed by atoms with E-state index in [1.807, 2.05) is 0 Å². The van der Waals surface area contributed by atoms with Gasteiger partial charge in [-0.25, -0.2) is 9.07 Å². The number of pyridine rings is 1. The number of carbonyl (C=O) groups excluding carboxylic acids is 1. The van der Waals surface area contributed by atoms with E-state index in [1.165, 1.54) is 18.3 Å². The number of nitrogens with one attached hydrogen (secondary N) is 1. The normalized spacial score (nSPS) is 10.3. The standard InChI is InChI=1S/C12H7Cl2FN2O2/c13-8-5-7(10(15)6-9(8)14)12(19)16-17-4-2-1-3-11(17)18/h1-6H,(H,16,19). The number of amides is 1. The molecule has 2 aromatic rings. The fourth-order valence-electron chi connectivity index (χ4n) is 1.39. The molecule has 0 aliphatic heterocycles. The zero-order valence-corrected chi connectivity index (χ0v) is 10.9. The van der Waals surface area contributed by atoms with Crippen molar-refractivity contribution < 1.29 is 9.18 Å². The van der Waals surface area contributed by atoms with Crippen LogP contribution in [0, 0.1) is 5.82 Å². The number of hydrogen-bond donors (Lipinski definition) is 1. The first kappa shape index (κ1) is 13.6. The molecule has 0 aliphatic carbocycles. The smallest absolute Gasteiger partial charge is 0.268 e. The molecule has 0 aliphatic rings. The molecule has 0 spiro atoms. The second kappa shape index (κ2) is 5.42. The van der Waals surface area contributed by atoms with Gasteiger partial charge in [0.05, 0.1) is 15.6 Å². The van der Waals surface area contributed by atoms with Gasteiger partial charge in [-0.1, -0.05) is 29.3 Å². The minimum Gasteiger partial charge on any atom is -0.268 e. The SMILES string of the molecule is O=C(Nn1ccccc1=O)c1cc(Cl)c(Cl)cc1F. The van der Waals surface area contributed by atoms with E-state index in [9.17, 15) is 14.0 Å². The number of rotatable bonds is 2. The highest BCUT2D eigenvalue weighted by Crippen LogP contribution is 2.25. The van der Waals surface area contributed by atoms with Crippen LogP contribution in [-0.2, 0) is 0 Å². The Morgan fingerprint density at radius 2 is 1.89 bits per heavy atom. The molecule has 7 heteroatoms. The minimum absolute atomic E-state index is 0.00703. The molecule has 0 radical (unpaired) electrons. The Bertz CT molecular complexity index is 700. The molecule has 0 bridgehead atoms. The second-order valence-electron chi connectivity index (χ2n) is 3.60. The van der Waals surface area contributed by atoms with Gasteiger partial charge in [-0.2, -0.15) is 0 Å². The topological polar surface area (TPSA) is 51.1 Å². The summed E-state index contributed by atoms with van der Waals surface area (Å²) >= 11 is 11.3. The molecule has 0 saturated heterocycles. The molecule has 0 atom stereocenters. The Morgan fingerprint density at radius 3 is 2.58 bits per heavy atom. The van der Waals surface area contributed by atoms with Crippen LogP contribution >= 0.6 is 23.2 Å². The summed E-state index contributed by atoms with van der Waals surface area (Å²) in [5, 5.41) is 0.0567. The number of aromatic nitrogens is 1. The molecule has 4 nitrogen and oxygen atoms in total. The van der Waals surface area contributed by atoms with E-state index in [1.54, 1.807) is 6.07 Å². The number of carbonyl (C=O) groups is 1. The Morgan fingerprint density at radius 1 is 1.21 bits per heavy atom. The summed E-state index contributed by atoms with van der Waals surface area (Å²) in [4.78, 5) is 23.2. The summed E-state index contributed by atoms with van der Waals surface area (Å²) in [6, 6.07) is 6.36. The largest absolute Gasteiger partial charge is 0.273 e. The quantitative estimate of drug-likeness (QED) is 0.867. The highest BCUT2D eigenvalue weighted by atomic mass is 35.5. The van der Waals surface area contributed by atoms with Crippen LogP contribution in [0.15, 0.2) is 41.3 Å². The molecule has 2 rings (SSSR count). The summed E-state index contributed by atoms with van der Waals surface area (Å²) < 4.78 is 14.5. The van der Waals surface area contributed by atoms with E-state index in [2.05, 4.69) is 5.43 Å². The summed E-state index contributed by atoms with van der Waals surface area (Å²) in [6.45, 7) is 0. The van der Waals surface area contributed by atoms with Crippen molar-refractivity contribution in [3.05, 3.63) is 68.3 Å². The van der Waals surface area contributed by atoms with Gasteiger partial charge in [-0.15, -0.1) is 0 Å². The average molecular weight is 301 g/mol. The number of hydrogen-bond acceptors (Lipinski definition) is 2. The number of halogens is 3. The molecule has 98 valence electrons. The van der Waals surface area contributed by atoms with Crippen molar-refractivity contribution in [2.45, 2.75) is 0 Å². The lowest BCUT2D eigenvalue weighted by molar-refractivity contribution is 0.100. The van der Waals surface area contributed by atoms with Gasteiger partial charge in [0.25, 0.3) is 11.5 Å². The summed E-state index contributed by atoms with van der Waals surface area (Å²) in [5.74, 6) is -1.62. The van der Waals surface area contributed by atoms with Gasteiger partial charge in [0, 0.05) is 12.3 Å². The van der Waals surface area contributed by atoms with Crippen LogP contribution in [0.3, 0.4) is 0 Å². The zero-order valence-electron chi connectivity index (χ0n) is 9.36. The van der Waals surface area contributed by atoms with Crippen molar-refractivity contribution in [2.75, 3.05) is 5.43 Å². The molecular formula is C12H7Cl2FN2O2. The lowest BCUT2D eigenvalue weighted by Gasteiger charge is -2.08. The van der Waals surface area contributed by atoms with E-state index in [-0.39, 0.29) is 15.6 Å². The van der Waals surface area contributed by atoms with Crippen molar-refractivity contribution >= 4 is 29.1 Å². The molecule has 1 amide bonds. The molecule has 0 saturated carbocycles. The van der Waals surface area contributed by atoms with Crippen molar-refractivity contribution in [3.8, 4) is 0 Å². The molecular weight excluding hydrogens is 294 g/mol. The van der Waals surface area contributed by atoms with Crippen molar-refractivity contribution in [1.82, 2.24) is 4.68 Å². The predicted octanol–water partition coefficient (Wildman–Crippen LogP) is 2.68. The Hall–Kier alpha value is -1.85. The van der Waals surface area contributed by atoms with E-state index in [0.29, 0.717) is 0 Å². The molecule has 0 fully saturated rings. The third-order valence-corrected chi connectivity index (χ3v) is 3.02. The minimum atomic E-state index is -0.823. The van der Waals surface area contributed by atoms with Crippen LogP contribution in [0.25, 0.3) is 0 Å². The van der Waals surface area contributed by atoms with Gasteiger partial charge in [0.15, 0.2) is 0 Å². The first-order valence-corrected chi connectivity index (χ1v) is 5.88. The summed E-state index contributed by atoms with van der Waals surface area (Å²) in [7, 11) is 0. The van der Waals surface area contributed by atoms with Crippen molar-refractivity contribution in [1.29, 1.82) is 0 Å². The van der Waals surface area contributed by atoms with Crippen molar-refractivity contribution in [3.63, 3.8) is 0 Å². The van der Waals surface area contributed by atoms with E-state index < -0.39 is 17.3 Å². The monoisotopic (exact) mass is 300 g/mol. The van der Waals surface area contributed by atoms with E-state index in [4.69, 9.17) is 23.2 Å². The molecule has 1 aromatic carbocycles. The highest BCUT2D eigenvalue weighted by Gasteiger charge is 2.15. The van der Waals surface area contributed by atoms with Gasteiger partial charge in [0.2, 0.25) is 0 Å². The van der Waals surface area contributed by atoms with Crippen LogP contribution in [0.5, 0.6) is 0 Å². The first-order valence-electron chi connectivity index (χ1n) is 5.12. The average Bonchev–Trinajstić information content (AvgIpc) is 2.36. The summed E-state index contributed by atoms with van der Waals surface area (Å²) in [6.07, 6.45) is 1.34. The van der Waals surface area contributed by atoms with Gasteiger partial charge in [-0.3, -0.25) is 15.0 Å². The van der Waals surface area contributed by atoms with Crippen LogP contribution in [0.1, 0.15) is 10.4 Å². The maximum absolute atomic E-state index is 13.6. The number of benzene rings is 1. The van der Waals surface area contributed by atoms with E-state index >= 15 is 0 Å². The van der Waals surface area contributed by atoms with Gasteiger partial charge in [0.1, 0.15) is 5.82 Å². The maximum Gasteiger partial charge on any atom is 0.273 e. The molecule has 1 N–H and O–H groups in total. The van der Waals surface area contributed by atoms with Crippen LogP contribution in [0.4, 0.5) is 4.39 Å². The third kappa shape index (κ3) is 2.94. The third-order valence-electron chi connectivity index (χ3n) is 2.30. The maximum atomic E-state index is 13.6. The van der Waals surface area contributed by atoms with E-state index in [0.717, 1.165) is 16.8 Å². The lowest BCUT2D eigenvalue weighted by Crippen LogP contribution is -2.32. The Kier molecular flexibility index (Phi) is 3.87. The van der Waals surface area contributed by atoms with Crippen LogP contribution < -0.4 is 11.0 Å². The summed E-state index contributed by atoms with van der Waals surface area (Å²) in [5.41, 5.74) is 1.49. The molecule has 0 unspecified atom stereocenters.